The van der Waals surface area contributed by atoms with E-state index < -0.39 is 0 Å². The van der Waals surface area contributed by atoms with Crippen LogP contribution in [0.25, 0.3) is 0 Å². The normalized spacial score (nSPS) is 23.8. The number of nitrogens with two attached hydrogens (primary N) is 1. The maximum absolute atomic E-state index is 5.78. The number of thiophene rings is 1. The van der Waals surface area contributed by atoms with Crippen LogP contribution in [0.1, 0.15) is 53.5 Å². The first-order valence-corrected chi connectivity index (χ1v) is 9.61. The summed E-state index contributed by atoms with van der Waals surface area (Å²) in [6.07, 6.45) is 7.70. The van der Waals surface area contributed by atoms with Crippen LogP contribution in [0.5, 0.6) is 0 Å². The Hall–Kier alpha value is -0.0700. The van der Waals surface area contributed by atoms with Crippen molar-refractivity contribution in [3.8, 4) is 0 Å². The molecule has 0 bridgehead atoms. The number of hydrazine groups is 1. The summed E-state index contributed by atoms with van der Waals surface area (Å²) >= 11 is 4.01. The molecule has 2 unspecified atom stereocenters. The number of nitrogens with one attached hydrogen (secondary N) is 1. The first-order chi connectivity index (χ1) is 9.86. The van der Waals surface area contributed by atoms with Crippen LogP contribution >= 0.6 is 23.1 Å². The number of ether oxygens (including phenoxy) is 1. The van der Waals surface area contributed by atoms with Gasteiger partial charge in [0, 0.05) is 22.1 Å². The van der Waals surface area contributed by atoms with Gasteiger partial charge in [-0.1, -0.05) is 0 Å². The summed E-state index contributed by atoms with van der Waals surface area (Å²) < 4.78 is 5.69. The summed E-state index contributed by atoms with van der Waals surface area (Å²) in [7, 11) is 0. The fourth-order valence-electron chi connectivity index (χ4n) is 3.07. The Balaban J connectivity index is 1.54. The van der Waals surface area contributed by atoms with Crippen molar-refractivity contribution in [3.63, 3.8) is 0 Å². The molecule has 3 heterocycles. The SMILES string of the molecule is NNC(CCCC1CCCO1)c1cc2c(s1)CCSC2. The zero-order chi connectivity index (χ0) is 13.8. The summed E-state index contributed by atoms with van der Waals surface area (Å²) in [6.45, 7) is 0.957. The second kappa shape index (κ2) is 7.27. The smallest absolute Gasteiger partial charge is 0.0576 e. The van der Waals surface area contributed by atoms with Crippen molar-refractivity contribution in [2.45, 2.75) is 56.4 Å². The lowest BCUT2D eigenvalue weighted by atomic mass is 10.0. The van der Waals surface area contributed by atoms with E-state index in [1.807, 2.05) is 23.1 Å². The number of hydrogen-bond acceptors (Lipinski definition) is 5. The fourth-order valence-corrected chi connectivity index (χ4v) is 5.54. The molecule has 2 aliphatic rings. The first-order valence-electron chi connectivity index (χ1n) is 7.64. The summed E-state index contributed by atoms with van der Waals surface area (Å²) in [5.41, 5.74) is 4.56. The Kier molecular flexibility index (Phi) is 5.40. The third-order valence-corrected chi connectivity index (χ3v) is 6.59. The number of fused-ring (bicyclic) bond motifs is 1. The molecule has 3 rings (SSSR count). The van der Waals surface area contributed by atoms with Crippen LogP contribution in [-0.2, 0) is 16.9 Å². The Morgan fingerprint density at radius 1 is 1.50 bits per heavy atom. The number of thioether (sulfide) groups is 1. The lowest BCUT2D eigenvalue weighted by Gasteiger charge is -2.15. The van der Waals surface area contributed by atoms with E-state index in [2.05, 4.69) is 11.5 Å². The molecule has 2 aliphatic heterocycles. The van der Waals surface area contributed by atoms with Crippen molar-refractivity contribution < 1.29 is 4.74 Å². The topological polar surface area (TPSA) is 47.3 Å². The molecule has 20 heavy (non-hydrogen) atoms. The van der Waals surface area contributed by atoms with Crippen molar-refractivity contribution >= 4 is 23.1 Å². The Bertz CT molecular complexity index is 406. The highest BCUT2D eigenvalue weighted by Gasteiger charge is 2.20. The lowest BCUT2D eigenvalue weighted by Crippen LogP contribution is -2.27. The van der Waals surface area contributed by atoms with Crippen LogP contribution in [0.2, 0.25) is 0 Å². The number of aryl methyl sites for hydroxylation is 1. The largest absolute Gasteiger partial charge is 0.378 e. The maximum atomic E-state index is 5.78. The van der Waals surface area contributed by atoms with E-state index in [4.69, 9.17) is 10.6 Å². The van der Waals surface area contributed by atoms with Crippen molar-refractivity contribution in [3.05, 3.63) is 21.4 Å². The fraction of sp³-hybridized carbons (Fsp3) is 0.733. The Morgan fingerprint density at radius 2 is 2.45 bits per heavy atom. The van der Waals surface area contributed by atoms with E-state index in [1.165, 1.54) is 48.5 Å². The highest BCUT2D eigenvalue weighted by Crippen LogP contribution is 2.35. The Labute approximate surface area is 129 Å². The molecule has 2 atom stereocenters. The van der Waals surface area contributed by atoms with Gasteiger partial charge in [0.25, 0.3) is 0 Å². The predicted octanol–water partition coefficient (Wildman–Crippen LogP) is 3.39. The molecular formula is C15H24N2OS2. The molecule has 0 spiro atoms. The van der Waals surface area contributed by atoms with Crippen molar-refractivity contribution in [1.82, 2.24) is 5.43 Å². The van der Waals surface area contributed by atoms with E-state index in [1.54, 1.807) is 10.4 Å². The second-order valence-corrected chi connectivity index (χ2v) is 7.96. The molecule has 1 aromatic rings. The van der Waals surface area contributed by atoms with Gasteiger partial charge in [0.2, 0.25) is 0 Å². The van der Waals surface area contributed by atoms with E-state index in [9.17, 15) is 0 Å². The molecule has 0 radical (unpaired) electrons. The third kappa shape index (κ3) is 3.57. The van der Waals surface area contributed by atoms with Gasteiger partial charge in [0.05, 0.1) is 12.1 Å². The zero-order valence-electron chi connectivity index (χ0n) is 11.9. The minimum atomic E-state index is 0.317. The van der Waals surface area contributed by atoms with Gasteiger partial charge in [0.1, 0.15) is 0 Å². The van der Waals surface area contributed by atoms with E-state index in [-0.39, 0.29) is 0 Å². The van der Waals surface area contributed by atoms with Crippen LogP contribution in [0.4, 0.5) is 0 Å². The predicted molar refractivity (Wildman–Crippen MR) is 87.1 cm³/mol. The monoisotopic (exact) mass is 312 g/mol. The highest BCUT2D eigenvalue weighted by atomic mass is 32.2. The van der Waals surface area contributed by atoms with E-state index in [0.29, 0.717) is 12.1 Å². The van der Waals surface area contributed by atoms with Gasteiger partial charge in [0.15, 0.2) is 0 Å². The van der Waals surface area contributed by atoms with Gasteiger partial charge in [-0.05, 0) is 55.9 Å². The minimum Gasteiger partial charge on any atom is -0.378 e. The van der Waals surface area contributed by atoms with Crippen LogP contribution in [-0.4, -0.2) is 18.5 Å². The van der Waals surface area contributed by atoms with Gasteiger partial charge >= 0.3 is 0 Å². The van der Waals surface area contributed by atoms with Crippen molar-refractivity contribution in [1.29, 1.82) is 0 Å². The number of rotatable bonds is 6. The molecule has 0 aliphatic carbocycles. The zero-order valence-corrected chi connectivity index (χ0v) is 13.5. The molecule has 1 fully saturated rings. The number of hydrogen-bond donors (Lipinski definition) is 2. The standard InChI is InChI=1S/C15H24N2OS2/c16-17-13(5-1-3-12-4-2-7-18-12)15-9-11-10-19-8-6-14(11)20-15/h9,12-13,17H,1-8,10,16H2. The lowest BCUT2D eigenvalue weighted by molar-refractivity contribution is 0.101. The van der Waals surface area contributed by atoms with Gasteiger partial charge in [-0.2, -0.15) is 11.8 Å². The summed E-state index contributed by atoms with van der Waals surface area (Å²) in [5.74, 6) is 8.23. The molecule has 0 saturated carbocycles. The molecule has 3 N–H and O–H groups in total. The molecule has 0 aromatic carbocycles. The van der Waals surface area contributed by atoms with Gasteiger partial charge in [-0.15, -0.1) is 11.3 Å². The second-order valence-electron chi connectivity index (χ2n) is 5.68. The Morgan fingerprint density at radius 3 is 3.20 bits per heavy atom. The average molecular weight is 313 g/mol. The van der Waals surface area contributed by atoms with Gasteiger partial charge in [-0.25, -0.2) is 0 Å². The third-order valence-electron chi connectivity index (χ3n) is 4.23. The van der Waals surface area contributed by atoms with E-state index >= 15 is 0 Å². The summed E-state index contributed by atoms with van der Waals surface area (Å²) in [6, 6.07) is 2.69. The van der Waals surface area contributed by atoms with Crippen LogP contribution in [0.15, 0.2) is 6.07 Å². The van der Waals surface area contributed by atoms with Gasteiger partial charge < -0.3 is 4.74 Å². The summed E-state index contributed by atoms with van der Waals surface area (Å²) in [4.78, 5) is 3.01. The van der Waals surface area contributed by atoms with Crippen LogP contribution < -0.4 is 11.3 Å². The quantitative estimate of drug-likeness (QED) is 0.624. The van der Waals surface area contributed by atoms with Crippen LogP contribution in [0, 0.1) is 0 Å². The molecule has 5 heteroatoms. The van der Waals surface area contributed by atoms with Crippen LogP contribution in [0.3, 0.4) is 0 Å². The first kappa shape index (κ1) is 14.9. The molecule has 1 saturated heterocycles. The maximum Gasteiger partial charge on any atom is 0.0576 e. The molecule has 0 amide bonds. The minimum absolute atomic E-state index is 0.317. The van der Waals surface area contributed by atoms with E-state index in [0.717, 1.165) is 13.0 Å². The van der Waals surface area contributed by atoms with Gasteiger partial charge in [-0.3, -0.25) is 11.3 Å². The molecule has 3 nitrogen and oxygen atoms in total. The average Bonchev–Trinajstić information content (AvgIpc) is 3.12. The summed E-state index contributed by atoms with van der Waals surface area (Å²) in [5, 5.41) is 0. The van der Waals surface area contributed by atoms with Crippen molar-refractivity contribution in [2.75, 3.05) is 12.4 Å². The molecule has 1 aromatic heterocycles. The van der Waals surface area contributed by atoms with Crippen molar-refractivity contribution in [2.24, 2.45) is 5.84 Å². The molecular weight excluding hydrogens is 288 g/mol. The molecule has 112 valence electrons. The highest BCUT2D eigenvalue weighted by molar-refractivity contribution is 7.98.